The summed E-state index contributed by atoms with van der Waals surface area (Å²) < 4.78 is 42.9. The molecule has 1 N–H and O–H groups in total. The Bertz CT molecular complexity index is 923. The van der Waals surface area contributed by atoms with Crippen molar-refractivity contribution in [1.29, 1.82) is 0 Å². The summed E-state index contributed by atoms with van der Waals surface area (Å²) in [6.07, 6.45) is 14.6. The number of nitrogens with zero attached hydrogens (tertiary/aromatic N) is 1. The number of rotatable bonds is 14. The van der Waals surface area contributed by atoms with Crippen molar-refractivity contribution < 1.29 is 44.2 Å². The number of hydrogen-bond donors (Lipinski definition) is 1. The molecular formula is C24H35ClNNaO6S. The van der Waals surface area contributed by atoms with Crippen molar-refractivity contribution in [3.05, 3.63) is 54.4 Å². The zero-order chi connectivity index (χ0) is 23.2. The van der Waals surface area contributed by atoms with E-state index in [9.17, 15) is 13.2 Å². The Morgan fingerprint density at radius 2 is 1.47 bits per heavy atom. The zero-order valence-corrected chi connectivity index (χ0v) is 20.7. The van der Waals surface area contributed by atoms with Gasteiger partial charge in [0.15, 0.2) is 25.5 Å². The van der Waals surface area contributed by atoms with E-state index in [0.717, 1.165) is 18.6 Å². The van der Waals surface area contributed by atoms with Crippen LogP contribution in [0.2, 0.25) is 0 Å². The molecule has 0 aliphatic carbocycles. The van der Waals surface area contributed by atoms with Crippen LogP contribution in [0.25, 0.3) is 0 Å². The standard InChI is InChI=1S/C24H33NO6S.ClH.Na.H/c1-2-3-4-5-6-7-8-9-10-21-15-17-25(18-16-21)19-20-30-24(26)31-22-11-13-23(14-12-22)32(27,28)29;;;/h11-18H,2-10,19-20H2,1H3;1H;;. The van der Waals surface area contributed by atoms with Crippen molar-refractivity contribution >= 4 is 45.8 Å². The molecule has 0 radical (unpaired) electrons. The Morgan fingerprint density at radius 3 is 2.03 bits per heavy atom. The van der Waals surface area contributed by atoms with Crippen LogP contribution in [-0.4, -0.2) is 55.3 Å². The van der Waals surface area contributed by atoms with Crippen LogP contribution < -0.4 is 21.7 Å². The molecule has 2 rings (SSSR count). The molecule has 34 heavy (non-hydrogen) atoms. The van der Waals surface area contributed by atoms with Gasteiger partial charge in [-0.05, 0) is 42.7 Å². The molecule has 0 amide bonds. The van der Waals surface area contributed by atoms with Crippen LogP contribution in [0.3, 0.4) is 0 Å². The van der Waals surface area contributed by atoms with Crippen LogP contribution in [-0.2, 0) is 27.8 Å². The van der Waals surface area contributed by atoms with E-state index in [1.54, 1.807) is 0 Å². The first-order chi connectivity index (χ1) is 15.4. The Kier molecular flexibility index (Phi) is 17.5. The Balaban J connectivity index is 0.00000544. The molecule has 10 heteroatoms. The molecule has 0 saturated carbocycles. The maximum atomic E-state index is 11.8. The van der Waals surface area contributed by atoms with E-state index in [2.05, 4.69) is 19.1 Å². The van der Waals surface area contributed by atoms with E-state index < -0.39 is 16.3 Å². The van der Waals surface area contributed by atoms with E-state index in [0.29, 0.717) is 6.54 Å². The second kappa shape index (κ2) is 18.2. The third kappa shape index (κ3) is 13.7. The molecule has 0 fully saturated rings. The molecule has 0 unspecified atom stereocenters. The molecule has 0 saturated heterocycles. The molecule has 2 aromatic rings. The number of carbonyl (C=O) groups is 1. The quantitative estimate of drug-likeness (QED) is 0.101. The van der Waals surface area contributed by atoms with Gasteiger partial charge in [-0.2, -0.15) is 8.42 Å². The summed E-state index contributed by atoms with van der Waals surface area (Å²) in [4.78, 5) is 11.5. The van der Waals surface area contributed by atoms with Crippen molar-refractivity contribution in [3.63, 3.8) is 0 Å². The number of ether oxygens (including phenoxy) is 2. The molecule has 0 atom stereocenters. The average molecular weight is 524 g/mol. The van der Waals surface area contributed by atoms with E-state index in [-0.39, 0.29) is 59.2 Å². The van der Waals surface area contributed by atoms with Gasteiger partial charge in [0.1, 0.15) is 5.75 Å². The number of benzene rings is 1. The summed E-state index contributed by atoms with van der Waals surface area (Å²) in [5, 5.41) is 0. The number of unbranched alkanes of at least 4 members (excludes halogenated alkanes) is 7. The summed E-state index contributed by atoms with van der Waals surface area (Å²) in [5.74, 6) is 0.125. The van der Waals surface area contributed by atoms with E-state index in [4.69, 9.17) is 14.0 Å². The predicted molar refractivity (Wildman–Crippen MR) is 128 cm³/mol. The van der Waals surface area contributed by atoms with Gasteiger partial charge in [0.25, 0.3) is 10.1 Å². The molecular weight excluding hydrogens is 489 g/mol. The van der Waals surface area contributed by atoms with Gasteiger partial charge in [0, 0.05) is 12.1 Å². The minimum absolute atomic E-state index is 0. The first-order valence-corrected chi connectivity index (χ1v) is 12.7. The number of pyridine rings is 1. The molecule has 0 aliphatic rings. The second-order valence-corrected chi connectivity index (χ2v) is 9.24. The Morgan fingerprint density at radius 1 is 0.912 bits per heavy atom. The molecule has 1 aromatic heterocycles. The number of aromatic nitrogens is 1. The van der Waals surface area contributed by atoms with Gasteiger partial charge in [-0.15, -0.1) is 0 Å². The first kappa shape index (κ1) is 32.8. The minimum atomic E-state index is -4.28. The monoisotopic (exact) mass is 523 g/mol. The molecule has 186 valence electrons. The van der Waals surface area contributed by atoms with E-state index in [1.807, 2.05) is 17.0 Å². The SMILES string of the molecule is CCCCCCCCCCc1cc[n+](CCOC(=O)Oc2ccc(S(=O)(=O)O)cc2)cc1.[Cl-].[NaH]. The predicted octanol–water partition coefficient (Wildman–Crippen LogP) is 1.48. The van der Waals surface area contributed by atoms with Gasteiger partial charge in [0.2, 0.25) is 0 Å². The van der Waals surface area contributed by atoms with Crippen molar-refractivity contribution in [3.8, 4) is 5.75 Å². The van der Waals surface area contributed by atoms with Crippen molar-refractivity contribution in [2.45, 2.75) is 76.2 Å². The summed E-state index contributed by atoms with van der Waals surface area (Å²) in [6.45, 7) is 2.88. The molecule has 0 spiro atoms. The van der Waals surface area contributed by atoms with Crippen molar-refractivity contribution in [2.75, 3.05) is 6.61 Å². The molecule has 1 aromatic carbocycles. The fourth-order valence-electron chi connectivity index (χ4n) is 3.31. The van der Waals surface area contributed by atoms with Crippen molar-refractivity contribution in [1.82, 2.24) is 0 Å². The first-order valence-electron chi connectivity index (χ1n) is 11.3. The molecule has 0 aliphatic heterocycles. The normalized spacial score (nSPS) is 10.6. The van der Waals surface area contributed by atoms with Crippen LogP contribution in [0.1, 0.15) is 63.9 Å². The van der Waals surface area contributed by atoms with Gasteiger partial charge in [-0.3, -0.25) is 4.55 Å². The fourth-order valence-corrected chi connectivity index (χ4v) is 3.79. The summed E-state index contributed by atoms with van der Waals surface area (Å²) in [6, 6.07) is 9.01. The van der Waals surface area contributed by atoms with Gasteiger partial charge in [-0.1, -0.05) is 51.9 Å². The van der Waals surface area contributed by atoms with Gasteiger partial charge in [0.05, 0.1) is 4.90 Å². The summed E-state index contributed by atoms with van der Waals surface area (Å²) >= 11 is 0. The number of carbonyl (C=O) groups excluding carboxylic acids is 1. The third-order valence-corrected chi connectivity index (χ3v) is 6.04. The third-order valence-electron chi connectivity index (χ3n) is 5.17. The number of aryl methyl sites for hydroxylation is 1. The Hall–Kier alpha value is -1.16. The van der Waals surface area contributed by atoms with Crippen LogP contribution in [0.4, 0.5) is 4.79 Å². The van der Waals surface area contributed by atoms with E-state index >= 15 is 0 Å². The summed E-state index contributed by atoms with van der Waals surface area (Å²) in [7, 11) is -4.28. The van der Waals surface area contributed by atoms with Crippen LogP contribution in [0, 0.1) is 0 Å². The van der Waals surface area contributed by atoms with Crippen molar-refractivity contribution in [2.24, 2.45) is 0 Å². The molecule has 0 bridgehead atoms. The maximum absolute atomic E-state index is 11.8. The fraction of sp³-hybridized carbons (Fsp3) is 0.500. The van der Waals surface area contributed by atoms with Crippen LogP contribution in [0.15, 0.2) is 53.7 Å². The molecule has 7 nitrogen and oxygen atoms in total. The van der Waals surface area contributed by atoms with Gasteiger partial charge >= 0.3 is 35.7 Å². The Labute approximate surface area is 231 Å². The summed E-state index contributed by atoms with van der Waals surface area (Å²) in [5.41, 5.74) is 1.31. The zero-order valence-electron chi connectivity index (χ0n) is 19.1. The topological polar surface area (TPSA) is 93.8 Å². The number of hydrogen-bond acceptors (Lipinski definition) is 5. The number of halogens is 1. The van der Waals surface area contributed by atoms with Gasteiger partial charge in [-0.25, -0.2) is 9.36 Å². The second-order valence-electron chi connectivity index (χ2n) is 7.82. The van der Waals surface area contributed by atoms with Crippen LogP contribution >= 0.6 is 0 Å². The average Bonchev–Trinajstić information content (AvgIpc) is 2.76. The molecule has 1 heterocycles. The van der Waals surface area contributed by atoms with Gasteiger partial charge < -0.3 is 21.9 Å². The van der Waals surface area contributed by atoms with Crippen LogP contribution in [0.5, 0.6) is 5.75 Å². The van der Waals surface area contributed by atoms with E-state index in [1.165, 1.54) is 69.1 Å².